The quantitative estimate of drug-likeness (QED) is 0.898. The molecular weight excluding hydrogens is 262 g/mol. The Morgan fingerprint density at radius 1 is 1.26 bits per heavy atom. The predicted octanol–water partition coefficient (Wildman–Crippen LogP) is 1.04. The zero-order chi connectivity index (χ0) is 13.9. The molecule has 0 atom stereocenters. The number of hydrogen-bond donors (Lipinski definition) is 1. The Balaban J connectivity index is 2.11. The fourth-order valence-corrected chi connectivity index (χ4v) is 3.73. The molecule has 2 rings (SSSR count). The lowest BCUT2D eigenvalue weighted by Gasteiger charge is -2.33. The van der Waals surface area contributed by atoms with Crippen molar-refractivity contribution in [2.45, 2.75) is 12.8 Å². The summed E-state index contributed by atoms with van der Waals surface area (Å²) < 4.78 is 27.9. The van der Waals surface area contributed by atoms with E-state index in [1.807, 2.05) is 18.2 Å². The number of para-hydroxylation sites is 1. The lowest BCUT2D eigenvalue weighted by atomic mass is 9.99. The molecule has 0 unspecified atom stereocenters. The molecule has 0 radical (unpaired) electrons. The van der Waals surface area contributed by atoms with Crippen molar-refractivity contribution in [3.63, 3.8) is 0 Å². The fraction of sp³-hybridized carbons (Fsp3) is 0.538. The van der Waals surface area contributed by atoms with Crippen LogP contribution in [0.1, 0.15) is 12.8 Å². The Bertz CT molecular complexity index is 496. The summed E-state index contributed by atoms with van der Waals surface area (Å²) in [7, 11) is -1.82. The van der Waals surface area contributed by atoms with Gasteiger partial charge in [0.25, 0.3) is 0 Å². The van der Waals surface area contributed by atoms with Crippen LogP contribution in [0, 0.1) is 5.92 Å². The summed E-state index contributed by atoms with van der Waals surface area (Å²) in [5, 5.41) is 0. The molecule has 1 aliphatic rings. The van der Waals surface area contributed by atoms with Gasteiger partial charge in [-0.25, -0.2) is 0 Å². The third-order valence-corrected chi connectivity index (χ3v) is 5.62. The molecule has 0 bridgehead atoms. The number of anilines is 1. The highest BCUT2D eigenvalue weighted by Gasteiger charge is 2.30. The molecule has 0 spiro atoms. The topological polar surface area (TPSA) is 66.6 Å². The molecule has 1 heterocycles. The average Bonchev–Trinajstić information content (AvgIpc) is 2.47. The minimum Gasteiger partial charge on any atom is -0.330 e. The first-order chi connectivity index (χ1) is 9.05. The first-order valence-electron chi connectivity index (χ1n) is 6.55. The third kappa shape index (κ3) is 3.08. The molecule has 0 amide bonds. The minimum absolute atomic E-state index is 0.452. The molecule has 5 nitrogen and oxygen atoms in total. The van der Waals surface area contributed by atoms with Crippen LogP contribution in [-0.2, 0) is 10.2 Å². The van der Waals surface area contributed by atoms with Crippen LogP contribution in [0.2, 0.25) is 0 Å². The van der Waals surface area contributed by atoms with E-state index < -0.39 is 10.2 Å². The van der Waals surface area contributed by atoms with Crippen LogP contribution in [0.3, 0.4) is 0 Å². The van der Waals surface area contributed by atoms with Crippen molar-refractivity contribution in [1.29, 1.82) is 0 Å². The maximum atomic E-state index is 12.5. The maximum Gasteiger partial charge on any atom is 0.303 e. The second kappa shape index (κ2) is 5.90. The van der Waals surface area contributed by atoms with Crippen molar-refractivity contribution >= 4 is 15.9 Å². The molecule has 0 aliphatic carbocycles. The average molecular weight is 283 g/mol. The van der Waals surface area contributed by atoms with Gasteiger partial charge in [0.1, 0.15) is 0 Å². The zero-order valence-electron chi connectivity index (χ0n) is 11.2. The van der Waals surface area contributed by atoms with Gasteiger partial charge < -0.3 is 5.73 Å². The molecular formula is C13H21N3O2S. The largest absolute Gasteiger partial charge is 0.330 e. The van der Waals surface area contributed by atoms with Gasteiger partial charge in [0.05, 0.1) is 5.69 Å². The van der Waals surface area contributed by atoms with Crippen molar-refractivity contribution in [3.8, 4) is 0 Å². The fourth-order valence-electron chi connectivity index (χ4n) is 2.32. The van der Waals surface area contributed by atoms with Crippen LogP contribution in [0.4, 0.5) is 5.69 Å². The van der Waals surface area contributed by atoms with Crippen LogP contribution in [-0.4, -0.2) is 39.4 Å². The monoisotopic (exact) mass is 283 g/mol. The summed E-state index contributed by atoms with van der Waals surface area (Å²) in [5.74, 6) is 0.452. The number of benzene rings is 1. The van der Waals surface area contributed by atoms with Crippen molar-refractivity contribution in [3.05, 3.63) is 30.3 Å². The highest BCUT2D eigenvalue weighted by molar-refractivity contribution is 7.90. The van der Waals surface area contributed by atoms with E-state index in [-0.39, 0.29) is 0 Å². The van der Waals surface area contributed by atoms with Gasteiger partial charge >= 0.3 is 10.2 Å². The SMILES string of the molecule is CN(c1ccccc1)S(=O)(=O)N1CCC(CN)CC1. The Kier molecular flexibility index (Phi) is 4.44. The number of nitrogens with zero attached hydrogens (tertiary/aromatic N) is 2. The van der Waals surface area contributed by atoms with Crippen LogP contribution >= 0.6 is 0 Å². The lowest BCUT2D eigenvalue weighted by Crippen LogP contribution is -2.46. The summed E-state index contributed by atoms with van der Waals surface area (Å²) in [6.07, 6.45) is 1.69. The third-order valence-electron chi connectivity index (χ3n) is 3.70. The summed E-state index contributed by atoms with van der Waals surface area (Å²) in [6, 6.07) is 9.13. The normalized spacial score (nSPS) is 18.4. The smallest absolute Gasteiger partial charge is 0.303 e. The van der Waals surface area contributed by atoms with E-state index in [4.69, 9.17) is 5.73 Å². The van der Waals surface area contributed by atoms with E-state index in [9.17, 15) is 8.42 Å². The van der Waals surface area contributed by atoms with E-state index in [1.165, 1.54) is 4.31 Å². The number of piperidine rings is 1. The molecule has 106 valence electrons. The summed E-state index contributed by atoms with van der Waals surface area (Å²) in [4.78, 5) is 0. The highest BCUT2D eigenvalue weighted by atomic mass is 32.2. The molecule has 6 heteroatoms. The van der Waals surface area contributed by atoms with Crippen molar-refractivity contribution in [2.75, 3.05) is 31.0 Å². The molecule has 1 fully saturated rings. The van der Waals surface area contributed by atoms with Crippen molar-refractivity contribution in [2.24, 2.45) is 11.7 Å². The van der Waals surface area contributed by atoms with Crippen LogP contribution in [0.15, 0.2) is 30.3 Å². The summed E-state index contributed by atoms with van der Waals surface area (Å²) in [5.41, 5.74) is 6.31. The molecule has 2 N–H and O–H groups in total. The molecule has 0 aromatic heterocycles. The number of rotatable bonds is 4. The molecule has 1 aromatic rings. The Morgan fingerprint density at radius 2 is 1.84 bits per heavy atom. The second-order valence-electron chi connectivity index (χ2n) is 4.89. The number of hydrogen-bond acceptors (Lipinski definition) is 3. The second-order valence-corrected chi connectivity index (χ2v) is 6.85. The molecule has 1 aliphatic heterocycles. The molecule has 1 saturated heterocycles. The van der Waals surface area contributed by atoms with Gasteiger partial charge in [-0.3, -0.25) is 4.31 Å². The molecule has 0 saturated carbocycles. The summed E-state index contributed by atoms with van der Waals surface area (Å²) >= 11 is 0. The van der Waals surface area contributed by atoms with Gasteiger partial charge in [0.15, 0.2) is 0 Å². The Labute approximate surface area is 115 Å². The van der Waals surface area contributed by atoms with Gasteiger partial charge in [0.2, 0.25) is 0 Å². The maximum absolute atomic E-state index is 12.5. The molecule has 1 aromatic carbocycles. The van der Waals surface area contributed by atoms with E-state index in [0.29, 0.717) is 31.2 Å². The van der Waals surface area contributed by atoms with Gasteiger partial charge in [-0.15, -0.1) is 0 Å². The predicted molar refractivity (Wildman–Crippen MR) is 77.1 cm³/mol. The Morgan fingerprint density at radius 3 is 2.37 bits per heavy atom. The van der Waals surface area contributed by atoms with E-state index in [0.717, 1.165) is 12.8 Å². The van der Waals surface area contributed by atoms with Gasteiger partial charge in [-0.2, -0.15) is 12.7 Å². The molecule has 19 heavy (non-hydrogen) atoms. The van der Waals surface area contributed by atoms with Crippen LogP contribution in [0.25, 0.3) is 0 Å². The minimum atomic E-state index is -3.42. The van der Waals surface area contributed by atoms with E-state index >= 15 is 0 Å². The van der Waals surface area contributed by atoms with Gasteiger partial charge in [-0.05, 0) is 37.4 Å². The van der Waals surface area contributed by atoms with Crippen LogP contribution < -0.4 is 10.0 Å². The van der Waals surface area contributed by atoms with Gasteiger partial charge in [0, 0.05) is 20.1 Å². The lowest BCUT2D eigenvalue weighted by molar-refractivity contribution is 0.278. The van der Waals surface area contributed by atoms with Crippen molar-refractivity contribution in [1.82, 2.24) is 4.31 Å². The van der Waals surface area contributed by atoms with E-state index in [1.54, 1.807) is 23.5 Å². The zero-order valence-corrected chi connectivity index (χ0v) is 12.0. The standard InChI is InChI=1S/C13H21N3O2S/c1-15(13-5-3-2-4-6-13)19(17,18)16-9-7-12(11-14)8-10-16/h2-6,12H,7-11,14H2,1H3. The van der Waals surface area contributed by atoms with Crippen LogP contribution in [0.5, 0.6) is 0 Å². The Hall–Kier alpha value is -1.11. The number of nitrogens with two attached hydrogens (primary N) is 1. The first kappa shape index (κ1) is 14.3. The van der Waals surface area contributed by atoms with Gasteiger partial charge in [-0.1, -0.05) is 18.2 Å². The first-order valence-corrected chi connectivity index (χ1v) is 7.94. The van der Waals surface area contributed by atoms with E-state index in [2.05, 4.69) is 0 Å². The highest BCUT2D eigenvalue weighted by Crippen LogP contribution is 2.23. The summed E-state index contributed by atoms with van der Waals surface area (Å²) in [6.45, 7) is 1.76. The van der Waals surface area contributed by atoms with Crippen molar-refractivity contribution < 1.29 is 8.42 Å².